The van der Waals surface area contributed by atoms with Crippen LogP contribution in [-0.4, -0.2) is 54.0 Å². The number of nitrogens with one attached hydrogen (secondary N) is 2. The highest BCUT2D eigenvalue weighted by Crippen LogP contribution is 2.18. The third-order valence-electron chi connectivity index (χ3n) is 2.69. The molecule has 1 heterocycles. The van der Waals surface area contributed by atoms with E-state index in [0.717, 1.165) is 4.90 Å². The summed E-state index contributed by atoms with van der Waals surface area (Å²) in [6.07, 6.45) is -4.43. The summed E-state index contributed by atoms with van der Waals surface area (Å²) < 4.78 is 35.8. The molecule has 6 nitrogen and oxygen atoms in total. The lowest BCUT2D eigenvalue weighted by Gasteiger charge is -2.40. The van der Waals surface area contributed by atoms with Crippen molar-refractivity contribution >= 4 is 17.7 Å². The maximum absolute atomic E-state index is 11.9. The van der Waals surface area contributed by atoms with Gasteiger partial charge in [-0.3, -0.25) is 19.7 Å². The molecule has 0 bridgehead atoms. The number of amides is 3. The summed E-state index contributed by atoms with van der Waals surface area (Å²) in [4.78, 5) is 35.4. The predicted molar refractivity (Wildman–Crippen MR) is 57.9 cm³/mol. The second-order valence-corrected chi connectivity index (χ2v) is 4.63. The summed E-state index contributed by atoms with van der Waals surface area (Å²) in [7, 11) is 0. The van der Waals surface area contributed by atoms with Crippen LogP contribution in [0.3, 0.4) is 0 Å². The number of imide groups is 1. The summed E-state index contributed by atoms with van der Waals surface area (Å²) in [5.41, 5.74) is -1.27. The van der Waals surface area contributed by atoms with Crippen molar-refractivity contribution in [2.45, 2.75) is 25.6 Å². The van der Waals surface area contributed by atoms with Gasteiger partial charge < -0.3 is 10.2 Å². The first kappa shape index (κ1) is 15.4. The topological polar surface area (TPSA) is 78.5 Å². The minimum Gasteiger partial charge on any atom is -0.318 e. The van der Waals surface area contributed by atoms with E-state index < -0.39 is 42.5 Å². The molecular weight excluding hydrogens is 267 g/mol. The van der Waals surface area contributed by atoms with E-state index in [1.807, 2.05) is 5.32 Å². The van der Waals surface area contributed by atoms with Crippen LogP contribution in [0.25, 0.3) is 0 Å². The second kappa shape index (κ2) is 5.16. The lowest BCUT2D eigenvalue weighted by atomic mass is 9.98. The zero-order valence-corrected chi connectivity index (χ0v) is 10.4. The van der Waals surface area contributed by atoms with Crippen molar-refractivity contribution in [3.63, 3.8) is 0 Å². The normalized spacial score (nSPS) is 19.3. The molecule has 0 aromatic heterocycles. The van der Waals surface area contributed by atoms with Crippen molar-refractivity contribution in [2.24, 2.45) is 0 Å². The van der Waals surface area contributed by atoms with Crippen molar-refractivity contribution in [2.75, 3.05) is 19.6 Å². The van der Waals surface area contributed by atoms with Crippen LogP contribution < -0.4 is 10.6 Å². The summed E-state index contributed by atoms with van der Waals surface area (Å²) in [6.45, 7) is 0.564. The van der Waals surface area contributed by atoms with Crippen LogP contribution in [0.15, 0.2) is 0 Å². The van der Waals surface area contributed by atoms with Gasteiger partial charge in [0, 0.05) is 0 Å². The number of piperazine rings is 1. The van der Waals surface area contributed by atoms with E-state index in [0.29, 0.717) is 0 Å². The Morgan fingerprint density at radius 3 is 2.53 bits per heavy atom. The van der Waals surface area contributed by atoms with Crippen LogP contribution in [0.2, 0.25) is 0 Å². The van der Waals surface area contributed by atoms with E-state index in [4.69, 9.17) is 0 Å². The zero-order chi connectivity index (χ0) is 14.8. The maximum Gasteiger partial charge on any atom is 0.401 e. The highest BCUT2D eigenvalue weighted by molar-refractivity contribution is 6.06. The SMILES string of the molecule is CC1(C)C(=O)NC(=O)CN1C(=O)CNCC(F)(F)F. The van der Waals surface area contributed by atoms with Gasteiger partial charge in [-0.2, -0.15) is 13.2 Å². The molecule has 0 atom stereocenters. The quantitative estimate of drug-likeness (QED) is 0.677. The fourth-order valence-corrected chi connectivity index (χ4v) is 1.59. The van der Waals surface area contributed by atoms with Crippen LogP contribution in [0.5, 0.6) is 0 Å². The molecule has 1 aliphatic heterocycles. The molecule has 0 aromatic rings. The Hall–Kier alpha value is -1.64. The van der Waals surface area contributed by atoms with Gasteiger partial charge in [-0.15, -0.1) is 0 Å². The molecule has 0 radical (unpaired) electrons. The molecule has 1 saturated heterocycles. The van der Waals surface area contributed by atoms with E-state index in [2.05, 4.69) is 5.32 Å². The van der Waals surface area contributed by atoms with E-state index in [1.165, 1.54) is 13.8 Å². The predicted octanol–water partition coefficient (Wildman–Crippen LogP) is -0.598. The van der Waals surface area contributed by atoms with E-state index in [-0.39, 0.29) is 6.54 Å². The third kappa shape index (κ3) is 3.91. The lowest BCUT2D eigenvalue weighted by molar-refractivity contribution is -0.155. The molecule has 1 fully saturated rings. The molecule has 0 aliphatic carbocycles. The van der Waals surface area contributed by atoms with E-state index in [1.54, 1.807) is 0 Å². The first-order valence-corrected chi connectivity index (χ1v) is 5.46. The Morgan fingerprint density at radius 2 is 2.00 bits per heavy atom. The third-order valence-corrected chi connectivity index (χ3v) is 2.69. The molecule has 19 heavy (non-hydrogen) atoms. The minimum atomic E-state index is -4.43. The second-order valence-electron chi connectivity index (χ2n) is 4.63. The van der Waals surface area contributed by atoms with Crippen molar-refractivity contribution in [3.05, 3.63) is 0 Å². The highest BCUT2D eigenvalue weighted by atomic mass is 19.4. The maximum atomic E-state index is 11.9. The van der Waals surface area contributed by atoms with Crippen LogP contribution >= 0.6 is 0 Å². The van der Waals surface area contributed by atoms with Gasteiger partial charge in [-0.1, -0.05) is 0 Å². The fraction of sp³-hybridized carbons (Fsp3) is 0.700. The van der Waals surface area contributed by atoms with E-state index >= 15 is 0 Å². The number of nitrogens with zero attached hydrogens (tertiary/aromatic N) is 1. The standard InChI is InChI=1S/C10H14F3N3O3/c1-9(2)8(19)15-6(17)4-16(9)7(18)3-14-5-10(11,12)13/h14H,3-5H2,1-2H3,(H,15,17,19). The molecular formula is C10H14F3N3O3. The van der Waals surface area contributed by atoms with Gasteiger partial charge >= 0.3 is 6.18 Å². The number of halogens is 3. The van der Waals surface area contributed by atoms with Gasteiger partial charge in [-0.05, 0) is 13.8 Å². The monoisotopic (exact) mass is 281 g/mol. The summed E-state index contributed by atoms with van der Waals surface area (Å²) in [6, 6.07) is 0. The van der Waals surface area contributed by atoms with Gasteiger partial charge in [-0.25, -0.2) is 0 Å². The smallest absolute Gasteiger partial charge is 0.318 e. The minimum absolute atomic E-state index is 0.356. The Bertz CT molecular complexity index is 407. The average molecular weight is 281 g/mol. The van der Waals surface area contributed by atoms with Crippen LogP contribution in [0, 0.1) is 0 Å². The van der Waals surface area contributed by atoms with Crippen molar-refractivity contribution < 1.29 is 27.6 Å². The number of rotatable bonds is 3. The molecule has 0 aromatic carbocycles. The Morgan fingerprint density at radius 1 is 1.42 bits per heavy atom. The van der Waals surface area contributed by atoms with Gasteiger partial charge in [0.15, 0.2) is 0 Å². The Balaban J connectivity index is 2.64. The first-order valence-electron chi connectivity index (χ1n) is 5.46. The van der Waals surface area contributed by atoms with Gasteiger partial charge in [0.05, 0.1) is 13.1 Å². The Labute approximate surface area is 107 Å². The van der Waals surface area contributed by atoms with Gasteiger partial charge in [0.2, 0.25) is 11.8 Å². The molecule has 0 spiro atoms. The molecule has 3 amide bonds. The van der Waals surface area contributed by atoms with Crippen molar-refractivity contribution in [3.8, 4) is 0 Å². The summed E-state index contributed by atoms with van der Waals surface area (Å²) in [5.74, 6) is -2.06. The molecule has 108 valence electrons. The molecule has 0 saturated carbocycles. The largest absolute Gasteiger partial charge is 0.401 e. The number of carbonyl (C=O) groups is 3. The number of hydrogen-bond donors (Lipinski definition) is 2. The highest BCUT2D eigenvalue weighted by Gasteiger charge is 2.43. The molecule has 9 heteroatoms. The molecule has 0 unspecified atom stereocenters. The van der Waals surface area contributed by atoms with Crippen LogP contribution in [0.4, 0.5) is 13.2 Å². The average Bonchev–Trinajstić information content (AvgIpc) is 2.21. The van der Waals surface area contributed by atoms with Crippen molar-refractivity contribution in [1.29, 1.82) is 0 Å². The number of hydrogen-bond acceptors (Lipinski definition) is 4. The van der Waals surface area contributed by atoms with E-state index in [9.17, 15) is 27.6 Å². The Kier molecular flexibility index (Phi) is 4.18. The van der Waals surface area contributed by atoms with Gasteiger partial charge in [0.25, 0.3) is 5.91 Å². The number of carbonyl (C=O) groups excluding carboxylic acids is 3. The van der Waals surface area contributed by atoms with Crippen LogP contribution in [0.1, 0.15) is 13.8 Å². The molecule has 2 N–H and O–H groups in total. The molecule has 1 aliphatic rings. The van der Waals surface area contributed by atoms with Gasteiger partial charge in [0.1, 0.15) is 12.1 Å². The molecule has 1 rings (SSSR count). The summed E-state index contributed by atoms with van der Waals surface area (Å²) in [5, 5.41) is 3.99. The lowest BCUT2D eigenvalue weighted by Crippen LogP contribution is -2.66. The van der Waals surface area contributed by atoms with Crippen LogP contribution in [-0.2, 0) is 14.4 Å². The number of alkyl halides is 3. The fourth-order valence-electron chi connectivity index (χ4n) is 1.59. The summed E-state index contributed by atoms with van der Waals surface area (Å²) >= 11 is 0. The van der Waals surface area contributed by atoms with Crippen molar-refractivity contribution in [1.82, 2.24) is 15.5 Å². The zero-order valence-electron chi connectivity index (χ0n) is 10.4. The first-order chi connectivity index (χ1) is 8.54.